The highest BCUT2D eigenvalue weighted by atomic mass is 16.6. The molecule has 1 fully saturated rings. The molecule has 0 spiro atoms. The molecule has 3 aromatic rings. The van der Waals surface area contributed by atoms with Crippen LogP contribution in [0.2, 0.25) is 0 Å². The molecule has 2 aliphatic heterocycles. The lowest BCUT2D eigenvalue weighted by Gasteiger charge is -2.34. The number of carbonyl (C=O) groups excluding carboxylic acids is 1. The molecule has 33 heavy (non-hydrogen) atoms. The summed E-state index contributed by atoms with van der Waals surface area (Å²) in [5.41, 5.74) is 3.08. The van der Waals surface area contributed by atoms with E-state index in [1.54, 1.807) is 41.6 Å². The normalized spacial score (nSPS) is 15.8. The number of hydrogen-bond donors (Lipinski definition) is 0. The first kappa shape index (κ1) is 21.0. The Morgan fingerprint density at radius 2 is 1.85 bits per heavy atom. The Hall–Kier alpha value is -3.92. The highest BCUT2D eigenvalue weighted by Crippen LogP contribution is 2.31. The Morgan fingerprint density at radius 1 is 1.06 bits per heavy atom. The second kappa shape index (κ2) is 8.91. The molecule has 10 nitrogen and oxygen atoms in total. The number of rotatable bonds is 4. The summed E-state index contributed by atoms with van der Waals surface area (Å²) in [4.78, 5) is 41.3. The van der Waals surface area contributed by atoms with Crippen molar-refractivity contribution < 1.29 is 14.5 Å². The minimum absolute atomic E-state index is 0.0124. The van der Waals surface area contributed by atoms with Gasteiger partial charge >= 0.3 is 0 Å². The van der Waals surface area contributed by atoms with Gasteiger partial charge in [0, 0.05) is 55.3 Å². The second-order valence-electron chi connectivity index (χ2n) is 7.92. The average molecular weight is 446 g/mol. The van der Waals surface area contributed by atoms with Crippen LogP contribution in [-0.2, 0) is 17.7 Å². The molecule has 5 rings (SSSR count). The molecular weight excluding hydrogens is 424 g/mol. The van der Waals surface area contributed by atoms with Crippen molar-refractivity contribution in [3.8, 4) is 11.4 Å². The maximum absolute atomic E-state index is 13.0. The Bertz CT molecular complexity index is 1180. The average Bonchev–Trinajstić information content (AvgIpc) is 2.88. The first-order chi connectivity index (χ1) is 16.1. The summed E-state index contributed by atoms with van der Waals surface area (Å²) in [5.74, 6) is 1.25. The van der Waals surface area contributed by atoms with Crippen LogP contribution in [0.3, 0.4) is 0 Å². The summed E-state index contributed by atoms with van der Waals surface area (Å²) in [5, 5.41) is 11.0. The van der Waals surface area contributed by atoms with E-state index in [9.17, 15) is 14.9 Å². The molecule has 0 N–H and O–H groups in total. The molecule has 1 saturated heterocycles. The highest BCUT2D eigenvalue weighted by Gasteiger charge is 2.29. The van der Waals surface area contributed by atoms with Crippen LogP contribution in [0.4, 0.5) is 11.5 Å². The van der Waals surface area contributed by atoms with Crippen LogP contribution in [0, 0.1) is 10.1 Å². The Labute approximate surface area is 190 Å². The number of amides is 1. The molecule has 1 aromatic carbocycles. The fourth-order valence-corrected chi connectivity index (χ4v) is 4.15. The SMILES string of the molecule is O=C(c1cccnc1)N1CCc2c(nc(-c3ccc([N+](=O)[O-])cc3)nc2N2CCOCC2)C1. The van der Waals surface area contributed by atoms with Crippen molar-refractivity contribution >= 4 is 17.4 Å². The van der Waals surface area contributed by atoms with Crippen molar-refractivity contribution in [3.05, 3.63) is 75.7 Å². The minimum atomic E-state index is -0.432. The summed E-state index contributed by atoms with van der Waals surface area (Å²) in [6.45, 7) is 3.62. The molecule has 0 aliphatic carbocycles. The topological polar surface area (TPSA) is 115 Å². The predicted molar refractivity (Wildman–Crippen MR) is 120 cm³/mol. The van der Waals surface area contributed by atoms with Gasteiger partial charge in [0.2, 0.25) is 0 Å². The number of pyridine rings is 1. The molecule has 0 saturated carbocycles. The highest BCUT2D eigenvalue weighted by molar-refractivity contribution is 5.94. The van der Waals surface area contributed by atoms with Crippen molar-refractivity contribution in [3.63, 3.8) is 0 Å². The number of aromatic nitrogens is 3. The number of ether oxygens (including phenoxy) is 1. The molecule has 10 heteroatoms. The zero-order valence-electron chi connectivity index (χ0n) is 17.9. The number of nitrogens with zero attached hydrogens (tertiary/aromatic N) is 6. The summed E-state index contributed by atoms with van der Waals surface area (Å²) in [6, 6.07) is 9.72. The van der Waals surface area contributed by atoms with E-state index < -0.39 is 4.92 Å². The van der Waals surface area contributed by atoms with Crippen molar-refractivity contribution in [2.45, 2.75) is 13.0 Å². The number of morpholine rings is 1. The first-order valence-electron chi connectivity index (χ1n) is 10.8. The van der Waals surface area contributed by atoms with E-state index in [0.717, 1.165) is 30.2 Å². The van der Waals surface area contributed by atoms with Gasteiger partial charge in [-0.2, -0.15) is 0 Å². The van der Waals surface area contributed by atoms with Crippen molar-refractivity contribution in [2.75, 3.05) is 37.7 Å². The molecular formula is C23H22N6O4. The number of hydrogen-bond acceptors (Lipinski definition) is 8. The van der Waals surface area contributed by atoms with Gasteiger partial charge in [0.15, 0.2) is 5.82 Å². The van der Waals surface area contributed by atoms with Crippen molar-refractivity contribution in [1.82, 2.24) is 19.9 Å². The van der Waals surface area contributed by atoms with E-state index in [0.29, 0.717) is 49.7 Å². The monoisotopic (exact) mass is 446 g/mol. The number of nitro benzene ring substituents is 1. The summed E-state index contributed by atoms with van der Waals surface area (Å²) >= 11 is 0. The standard InChI is InChI=1S/C23H22N6O4/c30-23(17-2-1-8-24-14-17)28-9-7-19-20(15-28)25-21(16-3-5-18(6-4-16)29(31)32)26-22(19)27-10-12-33-13-11-27/h1-6,8,14H,7,9-13,15H2. The predicted octanol–water partition coefficient (Wildman–Crippen LogP) is 2.48. The van der Waals surface area contributed by atoms with E-state index in [-0.39, 0.29) is 11.6 Å². The van der Waals surface area contributed by atoms with Gasteiger partial charge in [0.05, 0.1) is 35.9 Å². The van der Waals surface area contributed by atoms with Crippen molar-refractivity contribution in [1.29, 1.82) is 0 Å². The summed E-state index contributed by atoms with van der Waals surface area (Å²) in [7, 11) is 0. The zero-order chi connectivity index (χ0) is 22.8. The smallest absolute Gasteiger partial charge is 0.269 e. The Morgan fingerprint density at radius 3 is 2.55 bits per heavy atom. The van der Waals surface area contributed by atoms with Crippen LogP contribution in [0.1, 0.15) is 21.6 Å². The molecule has 2 aliphatic rings. The third-order valence-corrected chi connectivity index (χ3v) is 5.89. The Kier molecular flexibility index (Phi) is 5.66. The largest absolute Gasteiger partial charge is 0.378 e. The molecule has 0 radical (unpaired) electrons. The number of non-ortho nitro benzene ring substituents is 1. The molecule has 0 unspecified atom stereocenters. The van der Waals surface area contributed by atoms with Gasteiger partial charge in [0.1, 0.15) is 5.82 Å². The molecule has 1 amide bonds. The van der Waals surface area contributed by atoms with Crippen LogP contribution in [0.25, 0.3) is 11.4 Å². The maximum atomic E-state index is 13.0. The van der Waals surface area contributed by atoms with Crippen LogP contribution < -0.4 is 4.90 Å². The van der Waals surface area contributed by atoms with Crippen molar-refractivity contribution in [2.24, 2.45) is 0 Å². The third-order valence-electron chi connectivity index (χ3n) is 5.89. The zero-order valence-corrected chi connectivity index (χ0v) is 17.9. The van der Waals surface area contributed by atoms with Gasteiger partial charge in [0.25, 0.3) is 11.6 Å². The van der Waals surface area contributed by atoms with Crippen LogP contribution in [0.15, 0.2) is 48.8 Å². The summed E-state index contributed by atoms with van der Waals surface area (Å²) in [6.07, 6.45) is 3.86. The fraction of sp³-hybridized carbons (Fsp3) is 0.304. The minimum Gasteiger partial charge on any atom is -0.378 e. The fourth-order valence-electron chi connectivity index (χ4n) is 4.15. The van der Waals surface area contributed by atoms with Crippen LogP contribution in [-0.4, -0.2) is 63.5 Å². The Balaban J connectivity index is 1.52. The summed E-state index contributed by atoms with van der Waals surface area (Å²) < 4.78 is 5.51. The van der Waals surface area contributed by atoms with Gasteiger partial charge in [-0.15, -0.1) is 0 Å². The van der Waals surface area contributed by atoms with Gasteiger partial charge < -0.3 is 14.5 Å². The number of carbonyl (C=O) groups is 1. The molecule has 168 valence electrons. The van der Waals surface area contributed by atoms with Crippen LogP contribution >= 0.6 is 0 Å². The molecule has 0 bridgehead atoms. The van der Waals surface area contributed by atoms with E-state index in [1.165, 1.54) is 12.1 Å². The van der Waals surface area contributed by atoms with Gasteiger partial charge in [-0.05, 0) is 30.7 Å². The third kappa shape index (κ3) is 4.24. The number of nitro groups is 1. The van der Waals surface area contributed by atoms with E-state index in [1.807, 2.05) is 0 Å². The van der Waals surface area contributed by atoms with E-state index in [2.05, 4.69) is 9.88 Å². The van der Waals surface area contributed by atoms with E-state index in [4.69, 9.17) is 14.7 Å². The van der Waals surface area contributed by atoms with E-state index >= 15 is 0 Å². The second-order valence-corrected chi connectivity index (χ2v) is 7.92. The quantitative estimate of drug-likeness (QED) is 0.444. The van der Waals surface area contributed by atoms with Gasteiger partial charge in [-0.25, -0.2) is 9.97 Å². The lowest BCUT2D eigenvalue weighted by atomic mass is 10.0. The molecule has 0 atom stereocenters. The lowest BCUT2D eigenvalue weighted by molar-refractivity contribution is -0.384. The number of anilines is 1. The molecule has 4 heterocycles. The van der Waals surface area contributed by atoms with Crippen LogP contribution in [0.5, 0.6) is 0 Å². The molecule has 2 aromatic heterocycles. The van der Waals surface area contributed by atoms with Gasteiger partial charge in [-0.3, -0.25) is 19.9 Å². The maximum Gasteiger partial charge on any atom is 0.269 e. The number of fused-ring (bicyclic) bond motifs is 1. The van der Waals surface area contributed by atoms with Gasteiger partial charge in [-0.1, -0.05) is 0 Å². The number of benzene rings is 1. The lowest BCUT2D eigenvalue weighted by Crippen LogP contribution is -2.41. The first-order valence-corrected chi connectivity index (χ1v) is 10.8.